The van der Waals surface area contributed by atoms with Crippen LogP contribution < -0.4 is 10.6 Å². The minimum Gasteiger partial charge on any atom is -0.465 e. The number of nitrogens with one attached hydrogen (secondary N) is 2. The van der Waals surface area contributed by atoms with Gasteiger partial charge in [0.05, 0.1) is 18.4 Å². The third kappa shape index (κ3) is 3.83. The average molecular weight is 356 g/mol. The van der Waals surface area contributed by atoms with Crippen molar-refractivity contribution >= 4 is 45.3 Å². The van der Waals surface area contributed by atoms with E-state index in [0.29, 0.717) is 10.6 Å². The zero-order valence-electron chi connectivity index (χ0n) is 12.6. The lowest BCUT2D eigenvalue weighted by molar-refractivity contribution is 0.0601. The molecule has 0 amide bonds. The number of carbonyl (C=O) groups is 1. The molecule has 4 nitrogen and oxygen atoms in total. The third-order valence-corrected chi connectivity index (χ3v) is 4.51. The standard InChI is InChI=1S/C15H14F2N2O2S2/c1-7-8(2)23-13(12(7)14(20)21-3)19-15(22)18-11-5-4-9(16)6-10(11)17/h4-6H,1-3H3,(H2,18,19,22). The van der Waals surface area contributed by atoms with Crippen LogP contribution >= 0.6 is 23.6 Å². The normalized spacial score (nSPS) is 10.3. The summed E-state index contributed by atoms with van der Waals surface area (Å²) in [7, 11) is 1.29. The molecule has 2 N–H and O–H groups in total. The van der Waals surface area contributed by atoms with Gasteiger partial charge in [0.25, 0.3) is 0 Å². The first-order chi connectivity index (χ1) is 10.8. The van der Waals surface area contributed by atoms with Crippen LogP contribution in [-0.2, 0) is 4.74 Å². The predicted molar refractivity (Wildman–Crippen MR) is 91.3 cm³/mol. The molecule has 0 spiro atoms. The van der Waals surface area contributed by atoms with Crippen molar-refractivity contribution in [2.24, 2.45) is 0 Å². The topological polar surface area (TPSA) is 50.4 Å². The van der Waals surface area contributed by atoms with E-state index in [0.717, 1.165) is 22.6 Å². The van der Waals surface area contributed by atoms with E-state index in [-0.39, 0.29) is 10.8 Å². The molecule has 0 aliphatic rings. The van der Waals surface area contributed by atoms with E-state index in [1.165, 1.54) is 24.5 Å². The van der Waals surface area contributed by atoms with Crippen molar-refractivity contribution in [3.05, 3.63) is 45.8 Å². The Hall–Kier alpha value is -2.06. The van der Waals surface area contributed by atoms with Crippen molar-refractivity contribution in [1.29, 1.82) is 0 Å². The third-order valence-electron chi connectivity index (χ3n) is 3.18. The van der Waals surface area contributed by atoms with Crippen LogP contribution in [-0.4, -0.2) is 18.2 Å². The lowest BCUT2D eigenvalue weighted by atomic mass is 10.1. The molecule has 1 heterocycles. The summed E-state index contributed by atoms with van der Waals surface area (Å²) in [4.78, 5) is 12.8. The van der Waals surface area contributed by atoms with Crippen LogP contribution in [0.4, 0.5) is 19.5 Å². The highest BCUT2D eigenvalue weighted by Gasteiger charge is 2.21. The monoisotopic (exact) mass is 356 g/mol. The Kier molecular flexibility index (Phi) is 5.27. The average Bonchev–Trinajstić information content (AvgIpc) is 2.76. The Morgan fingerprint density at radius 2 is 1.96 bits per heavy atom. The number of hydrogen-bond donors (Lipinski definition) is 2. The number of thiophene rings is 1. The Morgan fingerprint density at radius 1 is 1.26 bits per heavy atom. The Bertz CT molecular complexity index is 775. The number of rotatable bonds is 3. The number of thiocarbonyl (C=S) groups is 1. The van der Waals surface area contributed by atoms with Gasteiger partial charge in [-0.2, -0.15) is 0 Å². The van der Waals surface area contributed by atoms with E-state index in [4.69, 9.17) is 17.0 Å². The van der Waals surface area contributed by atoms with Gasteiger partial charge in [-0.05, 0) is 43.8 Å². The summed E-state index contributed by atoms with van der Waals surface area (Å²) in [6, 6.07) is 3.11. The van der Waals surface area contributed by atoms with Gasteiger partial charge >= 0.3 is 5.97 Å². The molecule has 0 saturated carbocycles. The highest BCUT2D eigenvalue weighted by atomic mass is 32.1. The van der Waals surface area contributed by atoms with E-state index in [9.17, 15) is 13.6 Å². The van der Waals surface area contributed by atoms with Gasteiger partial charge < -0.3 is 15.4 Å². The van der Waals surface area contributed by atoms with Gasteiger partial charge in [-0.15, -0.1) is 11.3 Å². The molecule has 2 aromatic rings. The van der Waals surface area contributed by atoms with Crippen molar-refractivity contribution in [3.63, 3.8) is 0 Å². The van der Waals surface area contributed by atoms with Crippen LogP contribution in [0.25, 0.3) is 0 Å². The molecule has 0 bridgehead atoms. The Morgan fingerprint density at radius 3 is 2.57 bits per heavy atom. The molecular weight excluding hydrogens is 342 g/mol. The van der Waals surface area contributed by atoms with E-state index >= 15 is 0 Å². The molecule has 122 valence electrons. The first-order valence-corrected chi connectivity index (χ1v) is 7.77. The maximum Gasteiger partial charge on any atom is 0.341 e. The summed E-state index contributed by atoms with van der Waals surface area (Å²) in [5, 5.41) is 6.08. The molecule has 1 aromatic heterocycles. The van der Waals surface area contributed by atoms with Gasteiger partial charge in [-0.3, -0.25) is 0 Å². The molecule has 23 heavy (non-hydrogen) atoms. The van der Waals surface area contributed by atoms with E-state index < -0.39 is 17.6 Å². The highest BCUT2D eigenvalue weighted by Crippen LogP contribution is 2.33. The number of hydrogen-bond acceptors (Lipinski definition) is 4. The number of benzene rings is 1. The van der Waals surface area contributed by atoms with Gasteiger partial charge in [-0.25, -0.2) is 13.6 Å². The fourth-order valence-electron chi connectivity index (χ4n) is 1.91. The molecule has 0 radical (unpaired) electrons. The largest absolute Gasteiger partial charge is 0.465 e. The van der Waals surface area contributed by atoms with Gasteiger partial charge in [0.2, 0.25) is 0 Å². The molecule has 0 atom stereocenters. The smallest absolute Gasteiger partial charge is 0.341 e. The van der Waals surface area contributed by atoms with Crippen LogP contribution in [0.5, 0.6) is 0 Å². The molecule has 0 saturated heterocycles. The van der Waals surface area contributed by atoms with Crippen LogP contribution in [0.3, 0.4) is 0 Å². The number of aryl methyl sites for hydroxylation is 1. The molecule has 1 aromatic carbocycles. The Labute approximate surface area is 141 Å². The summed E-state index contributed by atoms with van der Waals surface area (Å²) < 4.78 is 31.3. The van der Waals surface area contributed by atoms with Crippen molar-refractivity contribution in [2.45, 2.75) is 13.8 Å². The first kappa shape index (κ1) is 17.3. The molecule has 0 aliphatic heterocycles. The lowest BCUT2D eigenvalue weighted by Crippen LogP contribution is -2.20. The minimum absolute atomic E-state index is 0.0357. The van der Waals surface area contributed by atoms with E-state index in [1.807, 2.05) is 6.92 Å². The highest BCUT2D eigenvalue weighted by molar-refractivity contribution is 7.80. The second kappa shape index (κ2) is 7.01. The number of esters is 1. The summed E-state index contributed by atoms with van der Waals surface area (Å²) in [6.07, 6.45) is 0. The van der Waals surface area contributed by atoms with Gasteiger partial charge in [0, 0.05) is 10.9 Å². The maximum absolute atomic E-state index is 13.6. The minimum atomic E-state index is -0.763. The van der Waals surface area contributed by atoms with Crippen molar-refractivity contribution in [3.8, 4) is 0 Å². The second-order valence-corrected chi connectivity index (χ2v) is 6.32. The van der Waals surface area contributed by atoms with Crippen molar-refractivity contribution in [2.75, 3.05) is 17.7 Å². The predicted octanol–water partition coefficient (Wildman–Crippen LogP) is 4.24. The zero-order chi connectivity index (χ0) is 17.1. The van der Waals surface area contributed by atoms with E-state index in [1.54, 1.807) is 6.92 Å². The molecule has 2 rings (SSSR count). The van der Waals surface area contributed by atoms with Crippen molar-refractivity contribution in [1.82, 2.24) is 0 Å². The van der Waals surface area contributed by atoms with Gasteiger partial charge in [0.15, 0.2) is 5.11 Å². The fourth-order valence-corrected chi connectivity index (χ4v) is 3.24. The second-order valence-electron chi connectivity index (χ2n) is 4.68. The summed E-state index contributed by atoms with van der Waals surface area (Å²) >= 11 is 6.45. The number of ether oxygens (including phenoxy) is 1. The summed E-state index contributed by atoms with van der Waals surface area (Å²) in [5.74, 6) is -1.92. The fraction of sp³-hybridized carbons (Fsp3) is 0.200. The van der Waals surface area contributed by atoms with Crippen LogP contribution in [0.2, 0.25) is 0 Å². The number of methoxy groups -OCH3 is 1. The zero-order valence-corrected chi connectivity index (χ0v) is 14.3. The number of anilines is 2. The van der Waals surface area contributed by atoms with Crippen molar-refractivity contribution < 1.29 is 18.3 Å². The van der Waals surface area contributed by atoms with Gasteiger partial charge in [-0.1, -0.05) is 0 Å². The molecular formula is C15H14F2N2O2S2. The number of halogens is 2. The van der Waals surface area contributed by atoms with Crippen LogP contribution in [0.15, 0.2) is 18.2 Å². The Balaban J connectivity index is 2.20. The summed E-state index contributed by atoms with van der Waals surface area (Å²) in [6.45, 7) is 3.67. The quantitative estimate of drug-likeness (QED) is 0.636. The molecule has 0 aliphatic carbocycles. The molecule has 8 heteroatoms. The van der Waals surface area contributed by atoms with Crippen LogP contribution in [0, 0.1) is 25.5 Å². The van der Waals surface area contributed by atoms with E-state index in [2.05, 4.69) is 10.6 Å². The van der Waals surface area contributed by atoms with Gasteiger partial charge in [0.1, 0.15) is 16.6 Å². The molecule has 0 unspecified atom stereocenters. The maximum atomic E-state index is 13.6. The summed E-state index contributed by atoms with van der Waals surface area (Å²) in [5.41, 5.74) is 1.22. The molecule has 0 fully saturated rings. The lowest BCUT2D eigenvalue weighted by Gasteiger charge is -2.11. The number of carbonyl (C=O) groups excluding carboxylic acids is 1. The van der Waals surface area contributed by atoms with Crippen LogP contribution in [0.1, 0.15) is 20.8 Å². The first-order valence-electron chi connectivity index (χ1n) is 6.54. The SMILES string of the molecule is COC(=O)c1c(NC(=S)Nc2ccc(F)cc2F)sc(C)c1C.